The van der Waals surface area contributed by atoms with Crippen molar-refractivity contribution in [2.75, 3.05) is 5.32 Å². The van der Waals surface area contributed by atoms with Gasteiger partial charge in [-0.25, -0.2) is 0 Å². The Labute approximate surface area is 137 Å². The lowest BCUT2D eigenvalue weighted by Crippen LogP contribution is -2.27. The summed E-state index contributed by atoms with van der Waals surface area (Å²) < 4.78 is 0.940. The summed E-state index contributed by atoms with van der Waals surface area (Å²) in [6, 6.07) is 16.5. The van der Waals surface area contributed by atoms with E-state index in [9.17, 15) is 4.79 Å². The number of amidine groups is 1. The maximum absolute atomic E-state index is 12.0. The molecule has 0 saturated heterocycles. The van der Waals surface area contributed by atoms with Crippen LogP contribution in [0.2, 0.25) is 0 Å². The van der Waals surface area contributed by atoms with Crippen molar-refractivity contribution in [3.05, 3.63) is 64.6 Å². The van der Waals surface area contributed by atoms with E-state index < -0.39 is 6.10 Å². The summed E-state index contributed by atoms with van der Waals surface area (Å²) in [5, 5.41) is 6.53. The van der Waals surface area contributed by atoms with Crippen LogP contribution in [0.5, 0.6) is 0 Å². The van der Waals surface area contributed by atoms with E-state index in [-0.39, 0.29) is 11.7 Å². The fourth-order valence-corrected chi connectivity index (χ4v) is 1.89. The van der Waals surface area contributed by atoms with Crippen LogP contribution in [0.25, 0.3) is 0 Å². The molecule has 1 amide bonds. The van der Waals surface area contributed by atoms with Crippen LogP contribution in [0.3, 0.4) is 0 Å². The first-order valence-corrected chi connectivity index (χ1v) is 7.46. The monoisotopic (exact) mass is 361 g/mol. The van der Waals surface area contributed by atoms with Crippen LogP contribution in [-0.4, -0.2) is 17.8 Å². The number of hydrogen-bond acceptors (Lipinski definition) is 3. The van der Waals surface area contributed by atoms with Crippen LogP contribution >= 0.6 is 15.9 Å². The van der Waals surface area contributed by atoms with Gasteiger partial charge in [0.15, 0.2) is 5.84 Å². The second-order valence-corrected chi connectivity index (χ2v) is 5.50. The van der Waals surface area contributed by atoms with Gasteiger partial charge in [-0.2, -0.15) is 0 Å². The third kappa shape index (κ3) is 4.60. The quantitative estimate of drug-likeness (QED) is 0.488. The van der Waals surface area contributed by atoms with Gasteiger partial charge in [0.05, 0.1) is 0 Å². The van der Waals surface area contributed by atoms with Gasteiger partial charge in [-0.15, -0.1) is 0 Å². The zero-order chi connectivity index (χ0) is 15.9. The Kier molecular flexibility index (Phi) is 5.55. The molecule has 2 aromatic carbocycles. The van der Waals surface area contributed by atoms with Crippen molar-refractivity contribution in [3.8, 4) is 0 Å². The van der Waals surface area contributed by atoms with Crippen molar-refractivity contribution >= 4 is 33.4 Å². The highest BCUT2D eigenvalue weighted by Crippen LogP contribution is 2.14. The lowest BCUT2D eigenvalue weighted by Gasteiger charge is -2.11. The van der Waals surface area contributed by atoms with Gasteiger partial charge >= 0.3 is 0 Å². The summed E-state index contributed by atoms with van der Waals surface area (Å²) in [4.78, 5) is 17.1. The molecule has 114 valence electrons. The zero-order valence-electron chi connectivity index (χ0n) is 12.0. The van der Waals surface area contributed by atoms with Crippen molar-refractivity contribution < 1.29 is 9.63 Å². The van der Waals surface area contributed by atoms with Gasteiger partial charge in [-0.1, -0.05) is 51.4 Å². The Morgan fingerprint density at radius 1 is 1.18 bits per heavy atom. The van der Waals surface area contributed by atoms with Crippen molar-refractivity contribution in [1.29, 1.82) is 0 Å². The standard InChI is InChI=1S/C16H16BrN3O2/c1-11(16(21)19-14-9-7-13(17)8-10-14)22-20-15(18)12-5-3-2-4-6-12/h2-11H,1H3,(H2,18,20)(H,19,21). The lowest BCUT2D eigenvalue weighted by molar-refractivity contribution is -0.126. The Hall–Kier alpha value is -2.34. The molecule has 2 rings (SSSR count). The number of oxime groups is 1. The summed E-state index contributed by atoms with van der Waals surface area (Å²) in [5.74, 6) is -0.0733. The van der Waals surface area contributed by atoms with Crippen LogP contribution in [-0.2, 0) is 9.63 Å². The molecule has 0 spiro atoms. The van der Waals surface area contributed by atoms with Crippen LogP contribution in [0, 0.1) is 0 Å². The molecule has 0 radical (unpaired) electrons. The van der Waals surface area contributed by atoms with E-state index in [0.717, 1.165) is 10.0 Å². The van der Waals surface area contributed by atoms with Crippen LogP contribution in [0.1, 0.15) is 12.5 Å². The Morgan fingerprint density at radius 2 is 1.82 bits per heavy atom. The molecule has 0 fully saturated rings. The van der Waals surface area contributed by atoms with E-state index in [1.165, 1.54) is 0 Å². The number of carbonyl (C=O) groups is 1. The smallest absolute Gasteiger partial charge is 0.267 e. The molecule has 0 heterocycles. The number of nitrogens with two attached hydrogens (primary N) is 1. The molecule has 3 N–H and O–H groups in total. The largest absolute Gasteiger partial charge is 0.381 e. The molecule has 6 heteroatoms. The molecular weight excluding hydrogens is 346 g/mol. The van der Waals surface area contributed by atoms with Crippen LogP contribution < -0.4 is 11.1 Å². The highest BCUT2D eigenvalue weighted by atomic mass is 79.9. The highest BCUT2D eigenvalue weighted by molar-refractivity contribution is 9.10. The van der Waals surface area contributed by atoms with E-state index in [2.05, 4.69) is 26.4 Å². The maximum atomic E-state index is 12.0. The molecule has 1 unspecified atom stereocenters. The molecule has 0 saturated carbocycles. The van der Waals surface area contributed by atoms with E-state index in [1.54, 1.807) is 19.1 Å². The molecule has 0 bridgehead atoms. The average Bonchev–Trinajstić information content (AvgIpc) is 2.55. The number of halogens is 1. The Bertz CT molecular complexity index is 657. The van der Waals surface area contributed by atoms with Gasteiger partial charge in [-0.3, -0.25) is 4.79 Å². The predicted molar refractivity (Wildman–Crippen MR) is 90.5 cm³/mol. The van der Waals surface area contributed by atoms with Crippen molar-refractivity contribution in [2.24, 2.45) is 10.9 Å². The molecule has 1 atom stereocenters. The third-order valence-corrected chi connectivity index (χ3v) is 3.39. The van der Waals surface area contributed by atoms with Gasteiger partial charge in [-0.05, 0) is 31.2 Å². The number of rotatable bonds is 5. The number of carbonyl (C=O) groups excluding carboxylic acids is 1. The number of nitrogens with zero attached hydrogens (tertiary/aromatic N) is 1. The molecule has 0 aliphatic heterocycles. The predicted octanol–water partition coefficient (Wildman–Crippen LogP) is 3.11. The number of amides is 1. The minimum absolute atomic E-state index is 0.226. The minimum atomic E-state index is -0.758. The van der Waals surface area contributed by atoms with Crippen molar-refractivity contribution in [2.45, 2.75) is 13.0 Å². The molecule has 5 nitrogen and oxygen atoms in total. The molecule has 0 aliphatic rings. The highest BCUT2D eigenvalue weighted by Gasteiger charge is 2.14. The normalized spacial score (nSPS) is 12.5. The lowest BCUT2D eigenvalue weighted by atomic mass is 10.2. The van der Waals surface area contributed by atoms with E-state index in [0.29, 0.717) is 5.69 Å². The molecule has 0 aliphatic carbocycles. The van der Waals surface area contributed by atoms with Crippen molar-refractivity contribution in [3.63, 3.8) is 0 Å². The molecular formula is C16H16BrN3O2. The topological polar surface area (TPSA) is 76.7 Å². The zero-order valence-corrected chi connectivity index (χ0v) is 13.6. The first-order chi connectivity index (χ1) is 10.6. The van der Waals surface area contributed by atoms with Crippen molar-refractivity contribution in [1.82, 2.24) is 0 Å². The average molecular weight is 362 g/mol. The van der Waals surface area contributed by atoms with Crippen LogP contribution in [0.4, 0.5) is 5.69 Å². The van der Waals surface area contributed by atoms with Gasteiger partial charge < -0.3 is 15.9 Å². The van der Waals surface area contributed by atoms with E-state index in [1.807, 2.05) is 42.5 Å². The SMILES string of the molecule is CC(O/N=C(\N)c1ccccc1)C(=O)Nc1ccc(Br)cc1. The van der Waals surface area contributed by atoms with Gasteiger partial charge in [0.25, 0.3) is 5.91 Å². The van der Waals surface area contributed by atoms with Gasteiger partial charge in [0.2, 0.25) is 6.10 Å². The third-order valence-electron chi connectivity index (χ3n) is 2.86. The number of nitrogens with one attached hydrogen (secondary N) is 1. The Morgan fingerprint density at radius 3 is 2.45 bits per heavy atom. The second kappa shape index (κ2) is 7.61. The maximum Gasteiger partial charge on any atom is 0.267 e. The summed E-state index contributed by atoms with van der Waals surface area (Å²) in [5.41, 5.74) is 7.22. The second-order valence-electron chi connectivity index (χ2n) is 4.59. The first kappa shape index (κ1) is 16.0. The van der Waals surface area contributed by atoms with E-state index >= 15 is 0 Å². The van der Waals surface area contributed by atoms with Crippen LogP contribution in [0.15, 0.2) is 64.2 Å². The summed E-state index contributed by atoms with van der Waals surface area (Å²) in [6.07, 6.45) is -0.758. The fraction of sp³-hybridized carbons (Fsp3) is 0.125. The fourth-order valence-electron chi connectivity index (χ4n) is 1.62. The van der Waals surface area contributed by atoms with Gasteiger partial charge in [0, 0.05) is 15.7 Å². The summed E-state index contributed by atoms with van der Waals surface area (Å²) >= 11 is 3.33. The minimum Gasteiger partial charge on any atom is -0.381 e. The molecule has 22 heavy (non-hydrogen) atoms. The first-order valence-electron chi connectivity index (χ1n) is 6.67. The molecule has 0 aromatic heterocycles. The summed E-state index contributed by atoms with van der Waals surface area (Å²) in [6.45, 7) is 1.61. The summed E-state index contributed by atoms with van der Waals surface area (Å²) in [7, 11) is 0. The number of hydrogen-bond donors (Lipinski definition) is 2. The Balaban J connectivity index is 1.92. The number of benzene rings is 2. The molecule has 2 aromatic rings. The van der Waals surface area contributed by atoms with Gasteiger partial charge in [0.1, 0.15) is 0 Å². The van der Waals surface area contributed by atoms with E-state index in [4.69, 9.17) is 10.6 Å². The number of anilines is 1.